The molecule has 0 amide bonds. The predicted molar refractivity (Wildman–Crippen MR) is 134 cm³/mol. The Kier molecular flexibility index (Phi) is 8.63. The van der Waals surface area contributed by atoms with Crippen LogP contribution in [0.3, 0.4) is 0 Å². The molecule has 0 heterocycles. The maximum absolute atomic E-state index is 12.4. The summed E-state index contributed by atoms with van der Waals surface area (Å²) >= 11 is 11.1. The summed E-state index contributed by atoms with van der Waals surface area (Å²) in [5.41, 5.74) is 4.66. The monoisotopic (exact) mass is 483 g/mol. The van der Waals surface area contributed by atoms with Gasteiger partial charge in [0.05, 0.1) is 25.5 Å². The van der Waals surface area contributed by atoms with E-state index in [1.54, 1.807) is 55.8 Å². The van der Waals surface area contributed by atoms with E-state index in [-0.39, 0.29) is 0 Å². The van der Waals surface area contributed by atoms with Gasteiger partial charge in [-0.3, -0.25) is 5.43 Å². The molecule has 3 aromatic rings. The summed E-state index contributed by atoms with van der Waals surface area (Å²) in [6.45, 7) is 2.25. The number of carbonyl (C=O) groups excluding carboxylic acids is 1. The number of hydrogen-bond acceptors (Lipinski definition) is 6. The molecule has 7 nitrogen and oxygen atoms in total. The van der Waals surface area contributed by atoms with Gasteiger partial charge in [-0.15, -0.1) is 0 Å². The number of halogens is 1. The smallest absolute Gasteiger partial charge is 0.343 e. The third-order valence-electron chi connectivity index (χ3n) is 4.28. The van der Waals surface area contributed by atoms with Crippen molar-refractivity contribution >= 4 is 46.8 Å². The molecular weight excluding hydrogens is 462 g/mol. The first-order valence-electron chi connectivity index (χ1n) is 9.97. The zero-order valence-electron chi connectivity index (χ0n) is 18.0. The van der Waals surface area contributed by atoms with Gasteiger partial charge in [-0.05, 0) is 91.4 Å². The number of nitrogens with one attached hydrogen (secondary N) is 2. The summed E-state index contributed by atoms with van der Waals surface area (Å²) in [7, 11) is 1.61. The molecule has 0 bridgehead atoms. The molecule has 0 radical (unpaired) electrons. The first-order chi connectivity index (χ1) is 16.0. The van der Waals surface area contributed by atoms with E-state index in [1.807, 2.05) is 31.2 Å². The predicted octanol–water partition coefficient (Wildman–Crippen LogP) is 5.29. The van der Waals surface area contributed by atoms with Crippen LogP contribution in [-0.4, -0.2) is 31.0 Å². The Morgan fingerprint density at radius 2 is 1.79 bits per heavy atom. The first kappa shape index (κ1) is 24.0. The SMILES string of the molecule is CCOc1cc(/C=N/NC(=S)Nc2ccc(OC)cc2)ccc1OC(=O)c1ccc(Cl)cc1. The number of anilines is 1. The summed E-state index contributed by atoms with van der Waals surface area (Å²) in [6.07, 6.45) is 1.58. The van der Waals surface area contributed by atoms with Crippen LogP contribution in [0.25, 0.3) is 0 Å². The lowest BCUT2D eigenvalue weighted by atomic mass is 10.2. The Morgan fingerprint density at radius 3 is 2.45 bits per heavy atom. The lowest BCUT2D eigenvalue weighted by Gasteiger charge is -2.11. The Bertz CT molecular complexity index is 1140. The largest absolute Gasteiger partial charge is 0.497 e. The number of esters is 1. The van der Waals surface area contributed by atoms with E-state index in [4.69, 9.17) is 38.0 Å². The molecule has 0 spiro atoms. The van der Waals surface area contributed by atoms with E-state index in [2.05, 4.69) is 15.8 Å². The second-order valence-electron chi connectivity index (χ2n) is 6.59. The normalized spacial score (nSPS) is 10.5. The molecule has 0 aliphatic rings. The molecule has 9 heteroatoms. The topological polar surface area (TPSA) is 81.2 Å². The van der Waals surface area contributed by atoms with Crippen molar-refractivity contribution in [1.29, 1.82) is 0 Å². The van der Waals surface area contributed by atoms with Crippen LogP contribution in [0.15, 0.2) is 71.8 Å². The van der Waals surface area contributed by atoms with Crippen LogP contribution in [0, 0.1) is 0 Å². The van der Waals surface area contributed by atoms with Crippen LogP contribution in [-0.2, 0) is 0 Å². The van der Waals surface area contributed by atoms with E-state index in [0.717, 1.165) is 17.0 Å². The number of hydrogen-bond donors (Lipinski definition) is 2. The van der Waals surface area contributed by atoms with Crippen LogP contribution in [0.2, 0.25) is 5.02 Å². The molecule has 0 aliphatic heterocycles. The van der Waals surface area contributed by atoms with Crippen molar-refractivity contribution in [3.8, 4) is 17.2 Å². The van der Waals surface area contributed by atoms with E-state index in [1.165, 1.54) is 0 Å². The highest BCUT2D eigenvalue weighted by Crippen LogP contribution is 2.29. The molecule has 33 heavy (non-hydrogen) atoms. The number of hydrazone groups is 1. The van der Waals surface area contributed by atoms with Crippen LogP contribution in [0.1, 0.15) is 22.8 Å². The minimum Gasteiger partial charge on any atom is -0.497 e. The Morgan fingerprint density at radius 1 is 1.06 bits per heavy atom. The Balaban J connectivity index is 1.62. The lowest BCUT2D eigenvalue weighted by molar-refractivity contribution is 0.0728. The maximum Gasteiger partial charge on any atom is 0.343 e. The number of carbonyl (C=O) groups is 1. The number of nitrogens with zero attached hydrogens (tertiary/aromatic N) is 1. The minimum absolute atomic E-state index is 0.304. The molecule has 0 saturated heterocycles. The quantitative estimate of drug-likeness (QED) is 0.148. The van der Waals surface area contributed by atoms with Gasteiger partial charge in [0.15, 0.2) is 16.6 Å². The molecule has 3 rings (SSSR count). The zero-order valence-corrected chi connectivity index (χ0v) is 19.6. The van der Waals surface area contributed by atoms with Crippen molar-refractivity contribution in [3.63, 3.8) is 0 Å². The van der Waals surface area contributed by atoms with Gasteiger partial charge >= 0.3 is 5.97 Å². The molecule has 0 fully saturated rings. The summed E-state index contributed by atoms with van der Waals surface area (Å²) in [6, 6.07) is 18.9. The lowest BCUT2D eigenvalue weighted by Crippen LogP contribution is -2.23. The highest BCUT2D eigenvalue weighted by atomic mass is 35.5. The van der Waals surface area contributed by atoms with Gasteiger partial charge in [-0.25, -0.2) is 4.79 Å². The molecule has 3 aromatic carbocycles. The van der Waals surface area contributed by atoms with Crippen molar-refractivity contribution in [2.75, 3.05) is 19.0 Å². The molecule has 2 N–H and O–H groups in total. The van der Waals surface area contributed by atoms with Crippen molar-refractivity contribution in [2.24, 2.45) is 5.10 Å². The standard InChI is InChI=1S/C24H22ClN3O4S/c1-3-31-22-14-16(4-13-21(22)32-23(29)17-5-7-18(25)8-6-17)15-26-28-24(33)27-19-9-11-20(30-2)12-10-19/h4-15H,3H2,1-2H3,(H2,27,28,33)/b26-15+. The van der Waals surface area contributed by atoms with Crippen LogP contribution < -0.4 is 25.0 Å². The Labute approximate surface area is 202 Å². The van der Waals surface area contributed by atoms with Gasteiger partial charge in [0.2, 0.25) is 0 Å². The molecule has 0 atom stereocenters. The fourth-order valence-electron chi connectivity index (χ4n) is 2.70. The zero-order chi connectivity index (χ0) is 23.6. The molecule has 0 aromatic heterocycles. The molecule has 0 aliphatic carbocycles. The molecule has 0 unspecified atom stereocenters. The van der Waals surface area contributed by atoms with E-state index < -0.39 is 5.97 Å². The fraction of sp³-hybridized carbons (Fsp3) is 0.125. The van der Waals surface area contributed by atoms with Gasteiger partial charge in [-0.1, -0.05) is 11.6 Å². The van der Waals surface area contributed by atoms with Crippen molar-refractivity contribution in [2.45, 2.75) is 6.92 Å². The minimum atomic E-state index is -0.509. The number of methoxy groups -OCH3 is 1. The van der Waals surface area contributed by atoms with Gasteiger partial charge in [-0.2, -0.15) is 5.10 Å². The van der Waals surface area contributed by atoms with Crippen LogP contribution in [0.5, 0.6) is 17.2 Å². The second-order valence-corrected chi connectivity index (χ2v) is 7.43. The number of benzene rings is 3. The Hall–Kier alpha value is -3.62. The first-order valence-corrected chi connectivity index (χ1v) is 10.8. The maximum atomic E-state index is 12.4. The summed E-state index contributed by atoms with van der Waals surface area (Å²) in [5, 5.41) is 8.03. The molecule has 170 valence electrons. The van der Waals surface area contributed by atoms with Gasteiger partial charge in [0.25, 0.3) is 0 Å². The number of rotatable bonds is 8. The van der Waals surface area contributed by atoms with Gasteiger partial charge in [0, 0.05) is 10.7 Å². The van der Waals surface area contributed by atoms with Gasteiger partial charge in [0.1, 0.15) is 5.75 Å². The van der Waals surface area contributed by atoms with Crippen molar-refractivity contribution in [3.05, 3.63) is 82.9 Å². The van der Waals surface area contributed by atoms with Gasteiger partial charge < -0.3 is 19.5 Å². The average molecular weight is 484 g/mol. The molecular formula is C24H22ClN3O4S. The van der Waals surface area contributed by atoms with Crippen LogP contribution >= 0.6 is 23.8 Å². The fourth-order valence-corrected chi connectivity index (χ4v) is 3.00. The van der Waals surface area contributed by atoms with E-state index in [9.17, 15) is 4.79 Å². The average Bonchev–Trinajstić information content (AvgIpc) is 2.81. The summed E-state index contributed by atoms with van der Waals surface area (Å²) < 4.78 is 16.3. The van der Waals surface area contributed by atoms with E-state index >= 15 is 0 Å². The highest BCUT2D eigenvalue weighted by Gasteiger charge is 2.13. The molecule has 0 saturated carbocycles. The number of ether oxygens (including phenoxy) is 3. The summed E-state index contributed by atoms with van der Waals surface area (Å²) in [4.78, 5) is 12.4. The third kappa shape index (κ3) is 7.20. The number of thiocarbonyl (C=S) groups is 1. The summed E-state index contributed by atoms with van der Waals surface area (Å²) in [5.74, 6) is 0.969. The van der Waals surface area contributed by atoms with Crippen molar-refractivity contribution < 1.29 is 19.0 Å². The highest BCUT2D eigenvalue weighted by molar-refractivity contribution is 7.80. The second kappa shape index (κ2) is 11.8. The van der Waals surface area contributed by atoms with Crippen LogP contribution in [0.4, 0.5) is 5.69 Å². The third-order valence-corrected chi connectivity index (χ3v) is 4.72. The van der Waals surface area contributed by atoms with Crippen molar-refractivity contribution in [1.82, 2.24) is 5.43 Å². The van der Waals surface area contributed by atoms with E-state index in [0.29, 0.717) is 33.8 Å².